The van der Waals surface area contributed by atoms with Gasteiger partial charge in [0.2, 0.25) is 0 Å². The molecule has 0 bridgehead atoms. The number of hydrogen-bond donors (Lipinski definition) is 1. The zero-order valence-corrected chi connectivity index (χ0v) is 5.37. The minimum atomic E-state index is -0.804. The van der Waals surface area contributed by atoms with Crippen LogP contribution in [0.2, 0.25) is 0 Å². The van der Waals surface area contributed by atoms with Gasteiger partial charge in [-0.1, -0.05) is 0 Å². The maximum Gasteiger partial charge on any atom is 0.182 e. The van der Waals surface area contributed by atoms with Gasteiger partial charge in [-0.05, 0) is 0 Å². The van der Waals surface area contributed by atoms with E-state index >= 15 is 0 Å². The number of nitrogens with one attached hydrogen (secondary N) is 1. The minimum absolute atomic E-state index is 0.479. The van der Waals surface area contributed by atoms with Crippen LogP contribution in [0.4, 0.5) is 0 Å². The van der Waals surface area contributed by atoms with Crippen LogP contribution >= 0.6 is 0 Å². The SMILES string of the molecule is [CH2-][NH+]1COCCS1=O. The number of hydrogen-bond acceptors (Lipinski definition) is 2. The molecular formula is C4H9NO2S. The maximum atomic E-state index is 10.7. The molecule has 1 N–H and O–H groups in total. The molecule has 0 aromatic rings. The number of ether oxygens (including phenoxy) is 1. The van der Waals surface area contributed by atoms with E-state index in [0.29, 0.717) is 19.1 Å². The maximum absolute atomic E-state index is 10.7. The van der Waals surface area contributed by atoms with Crippen molar-refractivity contribution in [3.8, 4) is 0 Å². The highest BCUT2D eigenvalue weighted by Crippen LogP contribution is 1.78. The van der Waals surface area contributed by atoms with Gasteiger partial charge in [0.05, 0.1) is 12.4 Å². The Balaban J connectivity index is 2.39. The normalized spacial score (nSPS) is 39.6. The summed E-state index contributed by atoms with van der Waals surface area (Å²) in [6.45, 7) is 1.10. The van der Waals surface area contributed by atoms with Crippen LogP contribution in [0.1, 0.15) is 0 Å². The molecule has 3 nitrogen and oxygen atoms in total. The summed E-state index contributed by atoms with van der Waals surface area (Å²) >= 11 is 0. The molecule has 0 amide bonds. The summed E-state index contributed by atoms with van der Waals surface area (Å²) in [4.78, 5) is 0. The van der Waals surface area contributed by atoms with E-state index < -0.39 is 11.0 Å². The first-order valence-corrected chi connectivity index (χ1v) is 3.76. The molecule has 0 saturated carbocycles. The highest BCUT2D eigenvalue weighted by atomic mass is 32.2. The standard InChI is InChI=1S/C4H9NO2S/c1-5-4-7-2-3-8(5)6/h5H,1-4H2. The second-order valence-electron chi connectivity index (χ2n) is 1.64. The van der Waals surface area contributed by atoms with Gasteiger partial charge in [0.1, 0.15) is 0 Å². The van der Waals surface area contributed by atoms with Crippen molar-refractivity contribution >= 4 is 11.0 Å². The Labute approximate surface area is 51.2 Å². The van der Waals surface area contributed by atoms with Crippen molar-refractivity contribution < 1.29 is 13.3 Å². The summed E-state index contributed by atoms with van der Waals surface area (Å²) in [5.74, 6) is 0.624. The van der Waals surface area contributed by atoms with Gasteiger partial charge in [0, 0.05) is 0 Å². The van der Waals surface area contributed by atoms with Crippen LogP contribution < -0.4 is 4.31 Å². The van der Waals surface area contributed by atoms with Crippen LogP contribution in [0.25, 0.3) is 0 Å². The third-order valence-corrected chi connectivity index (χ3v) is 2.30. The Morgan fingerprint density at radius 2 is 2.50 bits per heavy atom. The molecule has 0 radical (unpaired) electrons. The van der Waals surface area contributed by atoms with Gasteiger partial charge in [-0.3, -0.25) is 0 Å². The molecule has 2 unspecified atom stereocenters. The average molecular weight is 135 g/mol. The topological polar surface area (TPSA) is 30.7 Å². The zero-order chi connectivity index (χ0) is 5.98. The van der Waals surface area contributed by atoms with E-state index in [4.69, 9.17) is 4.74 Å². The van der Waals surface area contributed by atoms with Gasteiger partial charge in [0.25, 0.3) is 0 Å². The predicted octanol–water partition coefficient (Wildman–Crippen LogP) is -1.69. The van der Waals surface area contributed by atoms with Crippen LogP contribution in [-0.4, -0.2) is 23.3 Å². The lowest BCUT2D eigenvalue weighted by atomic mass is 10.8. The van der Waals surface area contributed by atoms with Gasteiger partial charge in [-0.2, -0.15) is 4.21 Å². The molecule has 1 rings (SSSR count). The van der Waals surface area contributed by atoms with E-state index in [1.54, 1.807) is 0 Å². The van der Waals surface area contributed by atoms with Crippen molar-refractivity contribution in [2.75, 3.05) is 19.1 Å². The van der Waals surface area contributed by atoms with E-state index in [1.165, 1.54) is 0 Å². The first kappa shape index (κ1) is 6.19. The van der Waals surface area contributed by atoms with Crippen molar-refractivity contribution in [1.82, 2.24) is 0 Å². The third kappa shape index (κ3) is 1.27. The Kier molecular flexibility index (Phi) is 1.99. The Bertz CT molecular complexity index is 106. The molecule has 0 aromatic heterocycles. The summed E-state index contributed by atoms with van der Waals surface area (Å²) in [5, 5.41) is 0. The molecule has 1 heterocycles. The molecule has 0 aliphatic carbocycles. The third-order valence-electron chi connectivity index (χ3n) is 0.998. The largest absolute Gasteiger partial charge is 0.359 e. The van der Waals surface area contributed by atoms with Gasteiger partial charge in [-0.15, -0.1) is 7.05 Å². The van der Waals surface area contributed by atoms with Gasteiger partial charge in [-0.25, -0.2) is 0 Å². The van der Waals surface area contributed by atoms with Crippen LogP contribution in [0.5, 0.6) is 0 Å². The molecule has 4 heteroatoms. The van der Waals surface area contributed by atoms with Crippen LogP contribution in [0.3, 0.4) is 0 Å². The molecule has 0 aromatic carbocycles. The molecule has 1 fully saturated rings. The Morgan fingerprint density at radius 1 is 1.75 bits per heavy atom. The second kappa shape index (κ2) is 2.57. The van der Waals surface area contributed by atoms with Crippen molar-refractivity contribution in [2.45, 2.75) is 0 Å². The number of quaternary nitrogens is 1. The smallest absolute Gasteiger partial charge is 0.182 e. The first-order valence-electron chi connectivity index (χ1n) is 2.44. The summed E-state index contributed by atoms with van der Waals surface area (Å²) in [6, 6.07) is 0. The van der Waals surface area contributed by atoms with E-state index in [0.717, 1.165) is 4.31 Å². The monoisotopic (exact) mass is 135 g/mol. The lowest BCUT2D eigenvalue weighted by Crippen LogP contribution is -3.08. The Morgan fingerprint density at radius 3 is 2.88 bits per heavy atom. The Hall–Kier alpha value is 0.0700. The molecule has 48 valence electrons. The highest BCUT2D eigenvalue weighted by molar-refractivity contribution is 7.78. The second-order valence-corrected chi connectivity index (χ2v) is 3.32. The summed E-state index contributed by atoms with van der Waals surface area (Å²) in [5.41, 5.74) is 0. The van der Waals surface area contributed by atoms with Crippen LogP contribution in [-0.2, 0) is 15.7 Å². The quantitative estimate of drug-likeness (QED) is 0.402. The summed E-state index contributed by atoms with van der Waals surface area (Å²) < 4.78 is 16.4. The van der Waals surface area contributed by atoms with Gasteiger partial charge < -0.3 is 9.04 Å². The summed E-state index contributed by atoms with van der Waals surface area (Å²) in [7, 11) is 2.77. The van der Waals surface area contributed by atoms with Gasteiger partial charge in [0.15, 0.2) is 17.7 Å². The summed E-state index contributed by atoms with van der Waals surface area (Å²) in [6.07, 6.45) is 0. The molecule has 2 atom stereocenters. The lowest BCUT2D eigenvalue weighted by Gasteiger charge is -2.22. The van der Waals surface area contributed by atoms with Crippen molar-refractivity contribution in [3.63, 3.8) is 0 Å². The van der Waals surface area contributed by atoms with Crippen molar-refractivity contribution in [3.05, 3.63) is 7.05 Å². The molecule has 0 spiro atoms. The van der Waals surface area contributed by atoms with E-state index in [1.807, 2.05) is 0 Å². The molecule has 1 aliphatic rings. The van der Waals surface area contributed by atoms with Crippen molar-refractivity contribution in [1.29, 1.82) is 0 Å². The number of rotatable bonds is 0. The predicted molar refractivity (Wildman–Crippen MR) is 30.1 cm³/mol. The fraction of sp³-hybridized carbons (Fsp3) is 0.750. The minimum Gasteiger partial charge on any atom is -0.359 e. The fourth-order valence-electron chi connectivity index (χ4n) is 0.531. The first-order chi connectivity index (χ1) is 3.80. The molecular weight excluding hydrogens is 126 g/mol. The highest BCUT2D eigenvalue weighted by Gasteiger charge is 2.12. The zero-order valence-electron chi connectivity index (χ0n) is 4.55. The van der Waals surface area contributed by atoms with Crippen molar-refractivity contribution in [2.24, 2.45) is 0 Å². The molecule has 8 heavy (non-hydrogen) atoms. The van der Waals surface area contributed by atoms with Gasteiger partial charge >= 0.3 is 0 Å². The van der Waals surface area contributed by atoms with E-state index in [2.05, 4.69) is 7.05 Å². The van der Waals surface area contributed by atoms with E-state index in [9.17, 15) is 4.21 Å². The average Bonchev–Trinajstić information content (AvgIpc) is 1.77. The van der Waals surface area contributed by atoms with E-state index in [-0.39, 0.29) is 0 Å². The fourth-order valence-corrected chi connectivity index (χ4v) is 1.30. The van der Waals surface area contributed by atoms with Crippen LogP contribution in [0.15, 0.2) is 0 Å². The lowest BCUT2D eigenvalue weighted by molar-refractivity contribution is -0.742. The molecule has 1 aliphatic heterocycles. The molecule has 1 saturated heterocycles. The van der Waals surface area contributed by atoms with Crippen LogP contribution in [0, 0.1) is 7.05 Å².